The lowest BCUT2D eigenvalue weighted by atomic mass is 9.93. The third kappa shape index (κ3) is 4.78. The molecule has 1 saturated carbocycles. The molecule has 0 spiro atoms. The molecule has 7 heteroatoms. The number of hydrogen-bond donors (Lipinski definition) is 1. The Bertz CT molecular complexity index is 760. The van der Waals surface area contributed by atoms with Crippen molar-refractivity contribution in [3.63, 3.8) is 0 Å². The third-order valence-electron chi connectivity index (χ3n) is 4.24. The molecule has 1 fully saturated rings. The predicted octanol–water partition coefficient (Wildman–Crippen LogP) is 4.52. The Balaban J connectivity index is 1.52. The number of thiazole rings is 1. The molecule has 142 valence electrons. The highest BCUT2D eigenvalue weighted by molar-refractivity contribution is 7.20. The molecule has 3 rings (SSSR count). The average molecular weight is 378 g/mol. The first-order chi connectivity index (χ1) is 12.3. The topological polar surface area (TPSA) is 69.7 Å². The highest BCUT2D eigenvalue weighted by Crippen LogP contribution is 2.35. The number of rotatable bonds is 4. The summed E-state index contributed by atoms with van der Waals surface area (Å²) < 4.78 is 17.8. The van der Waals surface area contributed by atoms with Crippen LogP contribution in [-0.4, -0.2) is 35.9 Å². The Morgan fingerprint density at radius 3 is 2.62 bits per heavy atom. The zero-order valence-corrected chi connectivity index (χ0v) is 16.5. The van der Waals surface area contributed by atoms with Gasteiger partial charge in [-0.05, 0) is 58.6 Å². The maximum Gasteiger partial charge on any atom is 0.407 e. The normalized spacial score (nSPS) is 20.6. The molecule has 0 bridgehead atoms. The number of methoxy groups -OCH3 is 1. The summed E-state index contributed by atoms with van der Waals surface area (Å²) in [5.74, 6) is 0.763. The molecule has 1 aromatic carbocycles. The molecule has 6 nitrogen and oxygen atoms in total. The van der Waals surface area contributed by atoms with Gasteiger partial charge >= 0.3 is 6.09 Å². The standard InChI is InChI=1S/C19H26N2O4S/c1-19(2,3)25-17(22)20-12-8-10-13(11-9-12)24-18-21-16-14(23-4)6-5-7-15(16)26-18/h5-7,12-13H,8-11H2,1-4H3,(H,20,22). The number of aromatic nitrogens is 1. The fourth-order valence-electron chi connectivity index (χ4n) is 3.06. The Labute approximate surface area is 157 Å². The maximum absolute atomic E-state index is 11.9. The highest BCUT2D eigenvalue weighted by Gasteiger charge is 2.26. The van der Waals surface area contributed by atoms with Gasteiger partial charge in [-0.3, -0.25) is 0 Å². The first-order valence-corrected chi connectivity index (χ1v) is 9.75. The van der Waals surface area contributed by atoms with Gasteiger partial charge in [0.05, 0.1) is 11.8 Å². The fourth-order valence-corrected chi connectivity index (χ4v) is 3.96. The van der Waals surface area contributed by atoms with E-state index in [0.29, 0.717) is 5.19 Å². The van der Waals surface area contributed by atoms with Crippen LogP contribution in [0.15, 0.2) is 18.2 Å². The molecule has 1 N–H and O–H groups in total. The number of amides is 1. The minimum absolute atomic E-state index is 0.123. The van der Waals surface area contributed by atoms with Crippen LogP contribution in [0, 0.1) is 0 Å². The van der Waals surface area contributed by atoms with Crippen LogP contribution in [0.25, 0.3) is 10.2 Å². The van der Waals surface area contributed by atoms with Gasteiger partial charge in [-0.1, -0.05) is 17.4 Å². The molecule has 0 radical (unpaired) electrons. The predicted molar refractivity (Wildman–Crippen MR) is 102 cm³/mol. The van der Waals surface area contributed by atoms with Crippen LogP contribution >= 0.6 is 11.3 Å². The number of ether oxygens (including phenoxy) is 3. The van der Waals surface area contributed by atoms with Crippen molar-refractivity contribution in [2.75, 3.05) is 7.11 Å². The first kappa shape index (κ1) is 18.8. The van der Waals surface area contributed by atoms with Gasteiger partial charge in [-0.25, -0.2) is 4.79 Å². The van der Waals surface area contributed by atoms with Crippen molar-refractivity contribution in [2.45, 2.75) is 64.2 Å². The number of hydrogen-bond acceptors (Lipinski definition) is 6. The van der Waals surface area contributed by atoms with E-state index in [1.54, 1.807) is 7.11 Å². The molecule has 0 atom stereocenters. The molecule has 1 heterocycles. The number of para-hydroxylation sites is 1. The molecule has 0 aliphatic heterocycles. The van der Waals surface area contributed by atoms with Crippen LogP contribution in [0.2, 0.25) is 0 Å². The van der Waals surface area contributed by atoms with Crippen LogP contribution in [0.4, 0.5) is 4.79 Å². The molecule has 1 aliphatic carbocycles. The summed E-state index contributed by atoms with van der Waals surface area (Å²) in [6.07, 6.45) is 3.29. The number of fused-ring (bicyclic) bond motifs is 1. The lowest BCUT2D eigenvalue weighted by Crippen LogP contribution is -2.42. The summed E-state index contributed by atoms with van der Waals surface area (Å²) in [6, 6.07) is 6.01. The van der Waals surface area contributed by atoms with Crippen molar-refractivity contribution in [3.8, 4) is 10.9 Å². The monoisotopic (exact) mass is 378 g/mol. The summed E-state index contributed by atoms with van der Waals surface area (Å²) in [5.41, 5.74) is 0.369. The van der Waals surface area contributed by atoms with E-state index < -0.39 is 5.60 Å². The second-order valence-corrected chi connectivity index (χ2v) is 8.52. The van der Waals surface area contributed by atoms with Gasteiger partial charge < -0.3 is 19.5 Å². The van der Waals surface area contributed by atoms with Crippen molar-refractivity contribution in [3.05, 3.63) is 18.2 Å². The van der Waals surface area contributed by atoms with Gasteiger partial charge in [-0.2, -0.15) is 4.98 Å². The van der Waals surface area contributed by atoms with E-state index in [0.717, 1.165) is 41.6 Å². The molecule has 1 aromatic heterocycles. The Kier molecular flexibility index (Phi) is 5.55. The third-order valence-corrected chi connectivity index (χ3v) is 5.16. The van der Waals surface area contributed by atoms with E-state index in [1.807, 2.05) is 39.0 Å². The van der Waals surface area contributed by atoms with Crippen molar-refractivity contribution in [1.29, 1.82) is 0 Å². The summed E-state index contributed by atoms with van der Waals surface area (Å²) >= 11 is 1.54. The number of nitrogens with one attached hydrogen (secondary N) is 1. The smallest absolute Gasteiger partial charge is 0.407 e. The molecule has 0 unspecified atom stereocenters. The van der Waals surface area contributed by atoms with E-state index in [-0.39, 0.29) is 18.2 Å². The van der Waals surface area contributed by atoms with Crippen molar-refractivity contribution in [2.24, 2.45) is 0 Å². The minimum atomic E-state index is -0.474. The lowest BCUT2D eigenvalue weighted by molar-refractivity contribution is 0.0471. The van der Waals surface area contributed by atoms with Crippen LogP contribution < -0.4 is 14.8 Å². The van der Waals surface area contributed by atoms with Gasteiger partial charge in [0, 0.05) is 6.04 Å². The molecular formula is C19H26N2O4S. The number of nitrogens with zero attached hydrogens (tertiary/aromatic N) is 1. The summed E-state index contributed by atoms with van der Waals surface area (Å²) in [4.78, 5) is 16.4. The van der Waals surface area contributed by atoms with Crippen molar-refractivity contribution < 1.29 is 19.0 Å². The van der Waals surface area contributed by atoms with Gasteiger partial charge in [0.2, 0.25) is 0 Å². The van der Waals surface area contributed by atoms with E-state index in [1.165, 1.54) is 11.3 Å². The number of alkyl carbamates (subject to hydrolysis) is 1. The molecular weight excluding hydrogens is 352 g/mol. The second-order valence-electron chi connectivity index (χ2n) is 7.52. The molecule has 1 amide bonds. The zero-order chi connectivity index (χ0) is 18.7. The lowest BCUT2D eigenvalue weighted by Gasteiger charge is -2.29. The minimum Gasteiger partial charge on any atom is -0.494 e. The van der Waals surface area contributed by atoms with E-state index in [2.05, 4.69) is 10.3 Å². The zero-order valence-electron chi connectivity index (χ0n) is 15.7. The maximum atomic E-state index is 11.9. The van der Waals surface area contributed by atoms with Crippen LogP contribution in [0.5, 0.6) is 10.9 Å². The van der Waals surface area contributed by atoms with Crippen LogP contribution in [0.3, 0.4) is 0 Å². The van der Waals surface area contributed by atoms with Crippen molar-refractivity contribution in [1.82, 2.24) is 10.3 Å². The van der Waals surface area contributed by atoms with Crippen LogP contribution in [-0.2, 0) is 4.74 Å². The SMILES string of the molecule is COc1cccc2sc(OC3CCC(NC(=O)OC(C)(C)C)CC3)nc12. The Morgan fingerprint density at radius 1 is 1.23 bits per heavy atom. The van der Waals surface area contributed by atoms with Crippen molar-refractivity contribution >= 4 is 27.6 Å². The molecule has 0 saturated heterocycles. The average Bonchev–Trinajstić information content (AvgIpc) is 2.97. The summed E-state index contributed by atoms with van der Waals surface area (Å²) in [5, 5.41) is 3.62. The molecule has 1 aliphatic rings. The summed E-state index contributed by atoms with van der Waals surface area (Å²) in [6.45, 7) is 5.60. The largest absolute Gasteiger partial charge is 0.494 e. The van der Waals surface area contributed by atoms with E-state index in [4.69, 9.17) is 14.2 Å². The molecule has 2 aromatic rings. The van der Waals surface area contributed by atoms with E-state index in [9.17, 15) is 4.79 Å². The Hall–Kier alpha value is -2.02. The Morgan fingerprint density at radius 2 is 1.96 bits per heavy atom. The van der Waals surface area contributed by atoms with Gasteiger partial charge in [-0.15, -0.1) is 0 Å². The van der Waals surface area contributed by atoms with Crippen LogP contribution in [0.1, 0.15) is 46.5 Å². The number of carbonyl (C=O) groups excluding carboxylic acids is 1. The second kappa shape index (κ2) is 7.70. The van der Waals surface area contributed by atoms with Gasteiger partial charge in [0.25, 0.3) is 5.19 Å². The number of benzene rings is 1. The summed E-state index contributed by atoms with van der Waals surface area (Å²) in [7, 11) is 1.65. The number of carbonyl (C=O) groups is 1. The fraction of sp³-hybridized carbons (Fsp3) is 0.579. The quantitative estimate of drug-likeness (QED) is 0.847. The first-order valence-electron chi connectivity index (χ1n) is 8.94. The highest BCUT2D eigenvalue weighted by atomic mass is 32.1. The van der Waals surface area contributed by atoms with Gasteiger partial charge in [0.15, 0.2) is 0 Å². The van der Waals surface area contributed by atoms with Gasteiger partial charge in [0.1, 0.15) is 23.0 Å². The van der Waals surface area contributed by atoms with E-state index >= 15 is 0 Å². The molecule has 26 heavy (non-hydrogen) atoms.